The molecule has 5 aromatic heterocycles. The minimum Gasteiger partial charge on any atom is -0.325 e. The predicted octanol–water partition coefficient (Wildman–Crippen LogP) is 18.8. The van der Waals surface area contributed by atoms with Crippen LogP contribution in [0, 0.1) is 47.6 Å². The molecule has 632 valence electrons. The third-order valence-corrected chi connectivity index (χ3v) is 19.9. The molecule has 5 N–H and O–H groups in total. The van der Waals surface area contributed by atoms with Crippen molar-refractivity contribution in [1.82, 2.24) is 64.0 Å². The van der Waals surface area contributed by atoms with Gasteiger partial charge in [0, 0.05) is 75.0 Å². The number of fused-ring (bicyclic) bond motifs is 1. The molecule has 10 aromatic carbocycles. The number of benzene rings is 10. The molecule has 24 nitrogen and oxygen atoms in total. The maximum absolute atomic E-state index is 14.3. The number of nitrogens with zero attached hydrogens (tertiary/aromatic N) is 14. The predicted molar refractivity (Wildman–Crippen MR) is 462 cm³/mol. The van der Waals surface area contributed by atoms with Gasteiger partial charge in [-0.15, -0.1) is 15.3 Å². The largest absolute Gasteiger partial charge is 0.325 e. The number of rotatable bonds is 20. The Morgan fingerprint density at radius 3 is 1.60 bits per heavy atom. The number of carbonyl (C=O) groups is 5. The molecule has 125 heavy (non-hydrogen) atoms. The molecular weight excluding hydrogens is 1700 g/mol. The van der Waals surface area contributed by atoms with Gasteiger partial charge in [0.15, 0.2) is 40.7 Å². The van der Waals surface area contributed by atoms with Gasteiger partial charge in [-0.3, -0.25) is 38.7 Å². The lowest BCUT2D eigenvalue weighted by Crippen LogP contribution is -2.41. The Kier molecular flexibility index (Phi) is 29.2. The first-order chi connectivity index (χ1) is 60.3. The molecule has 0 aliphatic carbocycles. The van der Waals surface area contributed by atoms with E-state index in [-0.39, 0.29) is 84.3 Å². The van der Waals surface area contributed by atoms with Crippen LogP contribution < -0.4 is 26.2 Å². The number of aliphatic imine (C=N–C) groups is 1. The Hall–Kier alpha value is -14.5. The fraction of sp³-hybridized carbons (Fsp3) is 0.111. The van der Waals surface area contributed by atoms with Crippen molar-refractivity contribution in [2.45, 2.75) is 52.2 Å². The molecule has 0 bridgehead atoms. The molecule has 5 amide bonds. The van der Waals surface area contributed by atoms with E-state index in [1.165, 1.54) is 87.5 Å². The standard InChI is InChI=1S/C20H16F2N6O.C19H15ClFN3O.C18H14ClFN2O.C17H14ClFN4O.C16H11ClF2N4O/c1-28-11-14(10-23-28)13-8-15(21)18(22)16(9-13)24-20(29)19-25-17(26-27-19)7-12-5-3-2-4-6-12;20-15-7-4-8-16(17(15)21)24-10-9-23-12-14(22-18(23)19(24)25)11-13-5-2-1-3-6-13;19-14-7-4-8-15(17(14)20)22-18(23)16-10-9-13(21-16)11-12-5-2-1-3-6-12;1-11-20-16(22-23(11)10-12-6-3-2-4-7-12)17(24)21-14-9-5-8-13(18)15(14)19;17-11-5-3-7-13(14(11)19)21-16(24)15-20-9-23(22-15)8-10-4-1-2-6-12(10)18/h2-6,8-11H,7H2,1H3,(H,24,29)(H,25,26,27);1-8,12H,9-11H2;1-9H,10-11H2,(H,22,23);2-9H,10H2,1H3,(H,21,24);1-7,9H,8H2,(H,21,24). The van der Waals surface area contributed by atoms with E-state index in [9.17, 15) is 54.7 Å². The molecule has 0 atom stereocenters. The van der Waals surface area contributed by atoms with Crippen LogP contribution in [-0.2, 0) is 50.7 Å². The average Bonchev–Trinajstić information content (AvgIpc) is 1.69. The van der Waals surface area contributed by atoms with Crippen LogP contribution in [0.4, 0.5) is 59.2 Å². The first-order valence-electron chi connectivity index (χ1n) is 38.1. The van der Waals surface area contributed by atoms with Crippen LogP contribution in [0.1, 0.15) is 94.1 Å². The van der Waals surface area contributed by atoms with Gasteiger partial charge in [0.25, 0.3) is 29.5 Å². The molecule has 2 aliphatic rings. The smallest absolute Gasteiger partial charge is 0.295 e. The average molecular weight is 1770 g/mol. The normalized spacial score (nSPS) is 11.8. The summed E-state index contributed by atoms with van der Waals surface area (Å²) in [4.78, 5) is 84.1. The summed E-state index contributed by atoms with van der Waals surface area (Å²) in [7, 11) is 1.71. The molecule has 15 aromatic rings. The van der Waals surface area contributed by atoms with Crippen LogP contribution in [0.3, 0.4) is 0 Å². The van der Waals surface area contributed by atoms with Crippen molar-refractivity contribution >= 4 is 110 Å². The number of aryl methyl sites for hydroxylation is 2. The molecule has 0 fully saturated rings. The summed E-state index contributed by atoms with van der Waals surface area (Å²) in [6.07, 6.45) is 10.5. The summed E-state index contributed by atoms with van der Waals surface area (Å²) in [5, 5.41) is 28.2. The van der Waals surface area contributed by atoms with E-state index in [0.717, 1.165) is 39.7 Å². The molecule has 0 saturated carbocycles. The number of aromatic amines is 1. The number of halogens is 11. The van der Waals surface area contributed by atoms with Crippen LogP contribution >= 0.6 is 46.4 Å². The topological polar surface area (TPSA) is 288 Å². The first kappa shape index (κ1) is 88.3. The second-order valence-electron chi connectivity index (χ2n) is 27.7. The third-order valence-electron chi connectivity index (χ3n) is 18.7. The number of hydrogen-bond acceptors (Lipinski definition) is 14. The van der Waals surface area contributed by atoms with Gasteiger partial charge < -0.3 is 30.7 Å². The summed E-state index contributed by atoms with van der Waals surface area (Å²) >= 11 is 22.9. The van der Waals surface area contributed by atoms with Crippen LogP contribution in [0.25, 0.3) is 11.1 Å². The molecule has 17 rings (SSSR count). The lowest BCUT2D eigenvalue weighted by atomic mass is 10.1. The molecule has 0 unspecified atom stereocenters. The number of imidazole rings is 1. The fourth-order valence-corrected chi connectivity index (χ4v) is 13.2. The zero-order valence-electron chi connectivity index (χ0n) is 65.9. The Morgan fingerprint density at radius 1 is 0.480 bits per heavy atom. The lowest BCUT2D eigenvalue weighted by Gasteiger charge is -2.27. The van der Waals surface area contributed by atoms with Crippen LogP contribution in [0.15, 0.2) is 272 Å². The molecule has 0 spiro atoms. The Balaban J connectivity index is 0.000000134. The highest BCUT2D eigenvalue weighted by Crippen LogP contribution is 2.32. The van der Waals surface area contributed by atoms with Crippen LogP contribution in [-0.4, -0.2) is 106 Å². The SMILES string of the molecule is Cc1nc(C(=O)Nc2cccc(Cl)c2F)nn1Cc1ccccc1.Cn1cc(-c2cc(F)c(F)c(NC(=O)c3n[nH]c(Cc4ccccc4)n3)c2)cn1.O=C(Nc1cccc(Cl)c1F)C1=NC(Cc2ccccc2)=CC1.O=C(Nc1cccc(Cl)c1F)c1ncn(Cc2ccccc2F)n1.O=C1c2nc(Cc3ccccc3)cn2CCN1c1cccc(Cl)c1F. The lowest BCUT2D eigenvalue weighted by molar-refractivity contribution is -0.110. The number of anilines is 5. The van der Waals surface area contributed by atoms with E-state index in [1.807, 2.05) is 138 Å². The highest BCUT2D eigenvalue weighted by Gasteiger charge is 2.31. The minimum atomic E-state index is -1.16. The van der Waals surface area contributed by atoms with Crippen molar-refractivity contribution < 1.29 is 54.7 Å². The van der Waals surface area contributed by atoms with Crippen molar-refractivity contribution in [2.75, 3.05) is 32.7 Å². The van der Waals surface area contributed by atoms with Crippen LogP contribution in [0.2, 0.25) is 20.1 Å². The van der Waals surface area contributed by atoms with Crippen molar-refractivity contribution in [3.63, 3.8) is 0 Å². The second kappa shape index (κ2) is 41.4. The Labute approximate surface area is 729 Å². The summed E-state index contributed by atoms with van der Waals surface area (Å²) in [6.45, 7) is 3.32. The van der Waals surface area contributed by atoms with Gasteiger partial charge in [-0.2, -0.15) is 5.10 Å². The number of hydrogen-bond donors (Lipinski definition) is 5. The van der Waals surface area contributed by atoms with Crippen molar-refractivity contribution in [2.24, 2.45) is 12.0 Å². The summed E-state index contributed by atoms with van der Waals surface area (Å²) in [5.41, 5.74) is 7.57. The van der Waals surface area contributed by atoms with E-state index in [2.05, 4.69) is 71.7 Å². The first-order valence-corrected chi connectivity index (χ1v) is 39.6. The van der Waals surface area contributed by atoms with Crippen molar-refractivity contribution in [1.29, 1.82) is 0 Å². The van der Waals surface area contributed by atoms with Gasteiger partial charge in [0.05, 0.1) is 73.5 Å². The van der Waals surface area contributed by atoms with Gasteiger partial charge in [-0.25, -0.2) is 60.0 Å². The maximum Gasteiger partial charge on any atom is 0.295 e. The van der Waals surface area contributed by atoms with E-state index in [4.69, 9.17) is 46.4 Å². The van der Waals surface area contributed by atoms with Gasteiger partial charge in [-0.1, -0.05) is 216 Å². The summed E-state index contributed by atoms with van der Waals surface area (Å²) in [5.74, 6) is -6.96. The zero-order chi connectivity index (χ0) is 88.2. The molecule has 2 aliphatic heterocycles. The quantitative estimate of drug-likeness (QED) is 0.0444. The van der Waals surface area contributed by atoms with Gasteiger partial charge in [0.2, 0.25) is 17.5 Å². The van der Waals surface area contributed by atoms with Crippen molar-refractivity contribution in [3.05, 3.63) is 396 Å². The molecule has 0 saturated heterocycles. The number of aromatic nitrogens is 13. The van der Waals surface area contributed by atoms with Crippen molar-refractivity contribution in [3.8, 4) is 11.1 Å². The Bertz CT molecular complexity index is 6480. The van der Waals surface area contributed by atoms with Gasteiger partial charge >= 0.3 is 0 Å². The zero-order valence-corrected chi connectivity index (χ0v) is 69.0. The molecule has 35 heteroatoms. The number of carbonyl (C=O) groups excluding carboxylic acids is 5. The number of allylic oxidation sites excluding steroid dienone is 2. The van der Waals surface area contributed by atoms with E-state index in [0.29, 0.717) is 85.2 Å². The van der Waals surface area contributed by atoms with E-state index in [1.54, 1.807) is 67.3 Å². The summed E-state index contributed by atoms with van der Waals surface area (Å²) in [6, 6.07) is 65.4. The second-order valence-corrected chi connectivity index (χ2v) is 29.3. The monoisotopic (exact) mass is 1770 g/mol. The maximum atomic E-state index is 14.3. The van der Waals surface area contributed by atoms with Crippen LogP contribution in [0.5, 0.6) is 0 Å². The number of H-pyrrole nitrogens is 1. The van der Waals surface area contributed by atoms with E-state index >= 15 is 0 Å². The summed E-state index contributed by atoms with van der Waals surface area (Å²) < 4.78 is 104. The highest BCUT2D eigenvalue weighted by atomic mass is 35.5. The van der Waals surface area contributed by atoms with E-state index < -0.39 is 58.5 Å². The van der Waals surface area contributed by atoms with Gasteiger partial charge in [0.1, 0.15) is 29.5 Å². The molecule has 0 radical (unpaired) electrons. The fourth-order valence-electron chi connectivity index (χ4n) is 12.5. The number of nitrogens with one attached hydrogen (secondary N) is 5. The van der Waals surface area contributed by atoms with Gasteiger partial charge in [-0.05, 0) is 101 Å². The molecular formula is C90H70Cl4F7N19O5. The Morgan fingerprint density at radius 2 is 1.01 bits per heavy atom. The molecule has 7 heterocycles. The number of amides is 5. The highest BCUT2D eigenvalue weighted by molar-refractivity contribution is 6.44. The third kappa shape index (κ3) is 23.2. The minimum absolute atomic E-state index is 0.00369.